The van der Waals surface area contributed by atoms with Crippen LogP contribution in [0, 0.1) is 12.7 Å². The van der Waals surface area contributed by atoms with Crippen LogP contribution in [0.4, 0.5) is 9.18 Å². The molecule has 0 unspecified atom stereocenters. The summed E-state index contributed by atoms with van der Waals surface area (Å²) in [6, 6.07) is 7.40. The van der Waals surface area contributed by atoms with E-state index in [9.17, 15) is 14.0 Å². The molecule has 7 heteroatoms. The monoisotopic (exact) mass is 334 g/mol. The number of hydrogen-bond donors (Lipinski definition) is 1. The van der Waals surface area contributed by atoms with Crippen molar-refractivity contribution in [3.8, 4) is 0 Å². The van der Waals surface area contributed by atoms with E-state index in [0.29, 0.717) is 22.6 Å². The summed E-state index contributed by atoms with van der Waals surface area (Å²) in [5, 5.41) is 2.63. The SMILES string of the molecule is COC(=O)c1cc(CN(C)C(=O)NCc2ccccc2F)oc1C. The summed E-state index contributed by atoms with van der Waals surface area (Å²) in [6.45, 7) is 1.90. The number of methoxy groups -OCH3 is 1. The fourth-order valence-corrected chi connectivity index (χ4v) is 2.19. The van der Waals surface area contributed by atoms with Crippen molar-refractivity contribution < 1.29 is 23.1 Å². The zero-order valence-corrected chi connectivity index (χ0v) is 13.8. The Morgan fingerprint density at radius 2 is 2.04 bits per heavy atom. The van der Waals surface area contributed by atoms with Gasteiger partial charge in [-0.25, -0.2) is 14.0 Å². The minimum Gasteiger partial charge on any atom is -0.465 e. The lowest BCUT2D eigenvalue weighted by molar-refractivity contribution is 0.0598. The molecule has 1 aromatic heterocycles. The van der Waals surface area contributed by atoms with Crippen molar-refractivity contribution in [2.24, 2.45) is 0 Å². The predicted octanol–water partition coefficient (Wildman–Crippen LogP) is 2.86. The molecule has 2 rings (SSSR count). The molecular weight excluding hydrogens is 315 g/mol. The first-order valence-electron chi connectivity index (χ1n) is 7.32. The molecule has 1 N–H and O–H groups in total. The zero-order chi connectivity index (χ0) is 17.7. The third kappa shape index (κ3) is 4.13. The van der Waals surface area contributed by atoms with Crippen molar-refractivity contribution in [1.82, 2.24) is 10.2 Å². The molecule has 0 bridgehead atoms. The van der Waals surface area contributed by atoms with Crippen LogP contribution in [0.5, 0.6) is 0 Å². The number of ether oxygens (including phenoxy) is 1. The number of rotatable bonds is 5. The lowest BCUT2D eigenvalue weighted by atomic mass is 10.2. The molecule has 0 saturated carbocycles. The third-order valence-corrected chi connectivity index (χ3v) is 3.50. The summed E-state index contributed by atoms with van der Waals surface area (Å²) in [5.41, 5.74) is 0.730. The van der Waals surface area contributed by atoms with Gasteiger partial charge in [0.05, 0.1) is 13.7 Å². The van der Waals surface area contributed by atoms with E-state index in [4.69, 9.17) is 4.42 Å². The Bertz CT molecular complexity index is 742. The molecule has 2 amide bonds. The highest BCUT2D eigenvalue weighted by atomic mass is 19.1. The van der Waals surface area contributed by atoms with Crippen LogP contribution < -0.4 is 5.32 Å². The molecule has 0 atom stereocenters. The molecule has 2 aromatic rings. The molecule has 0 radical (unpaired) electrons. The second-order valence-electron chi connectivity index (χ2n) is 5.28. The van der Waals surface area contributed by atoms with E-state index < -0.39 is 5.97 Å². The van der Waals surface area contributed by atoms with Gasteiger partial charge in [0.2, 0.25) is 0 Å². The average molecular weight is 334 g/mol. The number of furan rings is 1. The normalized spacial score (nSPS) is 10.3. The van der Waals surface area contributed by atoms with Crippen molar-refractivity contribution in [1.29, 1.82) is 0 Å². The van der Waals surface area contributed by atoms with Gasteiger partial charge in [-0.1, -0.05) is 18.2 Å². The Balaban J connectivity index is 1.94. The molecular formula is C17H19FN2O4. The molecule has 1 heterocycles. The highest BCUT2D eigenvalue weighted by Crippen LogP contribution is 2.17. The van der Waals surface area contributed by atoms with E-state index in [0.717, 1.165) is 0 Å². The van der Waals surface area contributed by atoms with Crippen molar-refractivity contribution in [3.05, 3.63) is 58.8 Å². The molecule has 1 aromatic carbocycles. The predicted molar refractivity (Wildman–Crippen MR) is 84.9 cm³/mol. The van der Waals surface area contributed by atoms with Gasteiger partial charge in [0.25, 0.3) is 0 Å². The van der Waals surface area contributed by atoms with E-state index in [2.05, 4.69) is 10.1 Å². The smallest absolute Gasteiger partial charge is 0.341 e. The van der Waals surface area contributed by atoms with Crippen LogP contribution >= 0.6 is 0 Å². The Morgan fingerprint density at radius 3 is 2.71 bits per heavy atom. The van der Waals surface area contributed by atoms with Gasteiger partial charge < -0.3 is 19.4 Å². The quantitative estimate of drug-likeness (QED) is 0.854. The van der Waals surface area contributed by atoms with Crippen molar-refractivity contribution in [2.75, 3.05) is 14.2 Å². The Labute approximate surface area is 139 Å². The Hall–Kier alpha value is -2.83. The standard InChI is InChI=1S/C17H19FN2O4/c1-11-14(16(21)23-3)8-13(24-11)10-20(2)17(22)19-9-12-6-4-5-7-15(12)18/h4-8H,9-10H2,1-3H3,(H,19,22). The number of aryl methyl sites for hydroxylation is 1. The van der Waals surface area contributed by atoms with Crippen LogP contribution in [0.2, 0.25) is 0 Å². The number of nitrogens with one attached hydrogen (secondary N) is 1. The number of amides is 2. The molecule has 0 aliphatic carbocycles. The van der Waals surface area contributed by atoms with Gasteiger partial charge in [-0.15, -0.1) is 0 Å². The number of carbonyl (C=O) groups is 2. The number of nitrogens with zero attached hydrogens (tertiary/aromatic N) is 1. The number of hydrogen-bond acceptors (Lipinski definition) is 4. The molecule has 128 valence electrons. The maximum Gasteiger partial charge on any atom is 0.341 e. The zero-order valence-electron chi connectivity index (χ0n) is 13.8. The topological polar surface area (TPSA) is 71.8 Å². The van der Waals surface area contributed by atoms with Crippen LogP contribution in [0.15, 0.2) is 34.7 Å². The molecule has 0 spiro atoms. The minimum absolute atomic E-state index is 0.0838. The van der Waals surface area contributed by atoms with Gasteiger partial charge >= 0.3 is 12.0 Å². The number of halogens is 1. The van der Waals surface area contributed by atoms with Gasteiger partial charge in [0.1, 0.15) is 22.9 Å². The molecule has 0 aliphatic heterocycles. The van der Waals surface area contributed by atoms with Crippen LogP contribution in [0.25, 0.3) is 0 Å². The Morgan fingerprint density at radius 1 is 1.33 bits per heavy atom. The average Bonchev–Trinajstić information content (AvgIpc) is 2.93. The van der Waals surface area contributed by atoms with E-state index in [1.54, 1.807) is 38.2 Å². The van der Waals surface area contributed by atoms with E-state index >= 15 is 0 Å². The molecule has 0 aliphatic rings. The van der Waals surface area contributed by atoms with Gasteiger partial charge in [0.15, 0.2) is 0 Å². The molecule has 24 heavy (non-hydrogen) atoms. The minimum atomic E-state index is -0.492. The van der Waals surface area contributed by atoms with Crippen LogP contribution in [-0.4, -0.2) is 31.1 Å². The van der Waals surface area contributed by atoms with Crippen LogP contribution in [0.3, 0.4) is 0 Å². The van der Waals surface area contributed by atoms with Crippen molar-refractivity contribution >= 4 is 12.0 Å². The highest BCUT2D eigenvalue weighted by molar-refractivity contribution is 5.90. The summed E-state index contributed by atoms with van der Waals surface area (Å²) in [7, 11) is 2.86. The van der Waals surface area contributed by atoms with Gasteiger partial charge in [-0.05, 0) is 19.1 Å². The summed E-state index contributed by atoms with van der Waals surface area (Å²) in [5.74, 6) is 0.0208. The first-order valence-corrected chi connectivity index (χ1v) is 7.32. The fraction of sp³-hybridized carbons (Fsp3) is 0.294. The van der Waals surface area contributed by atoms with Gasteiger partial charge in [-0.3, -0.25) is 0 Å². The van der Waals surface area contributed by atoms with Crippen LogP contribution in [-0.2, 0) is 17.8 Å². The maximum atomic E-state index is 13.5. The number of carbonyl (C=O) groups excluding carboxylic acids is 2. The highest BCUT2D eigenvalue weighted by Gasteiger charge is 2.18. The molecule has 0 saturated heterocycles. The largest absolute Gasteiger partial charge is 0.465 e. The summed E-state index contributed by atoms with van der Waals surface area (Å²) in [4.78, 5) is 25.0. The lowest BCUT2D eigenvalue weighted by Crippen LogP contribution is -2.36. The van der Waals surface area contributed by atoms with Gasteiger partial charge in [-0.2, -0.15) is 0 Å². The van der Waals surface area contributed by atoms with Crippen molar-refractivity contribution in [3.63, 3.8) is 0 Å². The second-order valence-corrected chi connectivity index (χ2v) is 5.28. The summed E-state index contributed by atoms with van der Waals surface area (Å²) < 4.78 is 23.6. The van der Waals surface area contributed by atoms with E-state index in [-0.39, 0.29) is 24.9 Å². The summed E-state index contributed by atoms with van der Waals surface area (Å²) >= 11 is 0. The Kier molecular flexibility index (Phi) is 5.57. The lowest BCUT2D eigenvalue weighted by Gasteiger charge is -2.16. The van der Waals surface area contributed by atoms with Crippen molar-refractivity contribution in [2.45, 2.75) is 20.0 Å². The third-order valence-electron chi connectivity index (χ3n) is 3.50. The van der Waals surface area contributed by atoms with Gasteiger partial charge in [0, 0.05) is 19.2 Å². The van der Waals surface area contributed by atoms with Crippen LogP contribution in [0.1, 0.15) is 27.4 Å². The van der Waals surface area contributed by atoms with E-state index in [1.165, 1.54) is 18.1 Å². The molecule has 0 fully saturated rings. The second kappa shape index (κ2) is 7.63. The first kappa shape index (κ1) is 17.5. The molecule has 6 nitrogen and oxygen atoms in total. The maximum absolute atomic E-state index is 13.5. The number of esters is 1. The first-order chi connectivity index (χ1) is 11.4. The summed E-state index contributed by atoms with van der Waals surface area (Å²) in [6.07, 6.45) is 0. The van der Waals surface area contributed by atoms with E-state index in [1.807, 2.05) is 0 Å². The number of benzene rings is 1. The number of urea groups is 1. The fourth-order valence-electron chi connectivity index (χ4n) is 2.19.